The summed E-state index contributed by atoms with van der Waals surface area (Å²) >= 11 is 0. The average Bonchev–Trinajstić information content (AvgIpc) is 3.51. The van der Waals surface area contributed by atoms with Crippen molar-refractivity contribution in [1.82, 2.24) is 14.4 Å². The van der Waals surface area contributed by atoms with Crippen molar-refractivity contribution in [3.63, 3.8) is 0 Å². The van der Waals surface area contributed by atoms with Gasteiger partial charge in [0.25, 0.3) is 0 Å². The van der Waals surface area contributed by atoms with Gasteiger partial charge in [0, 0.05) is 16.2 Å². The molecule has 2 saturated carbocycles. The van der Waals surface area contributed by atoms with Gasteiger partial charge < -0.3 is 4.40 Å². The number of benzene rings is 3. The Morgan fingerprint density at radius 2 is 1.60 bits per heavy atom. The Morgan fingerprint density at radius 3 is 2.40 bits per heavy atom. The van der Waals surface area contributed by atoms with Gasteiger partial charge in [-0.3, -0.25) is 0 Å². The molecule has 3 nitrogen and oxygen atoms in total. The minimum Gasteiger partial charge on any atom is -0.308 e. The zero-order chi connectivity index (χ0) is 19.4. The fraction of sp³-hybridized carbons (Fsp3) is 0.259. The van der Waals surface area contributed by atoms with Crippen LogP contribution in [0.4, 0.5) is 0 Å². The van der Waals surface area contributed by atoms with Crippen molar-refractivity contribution in [2.45, 2.75) is 31.6 Å². The van der Waals surface area contributed by atoms with E-state index in [0.29, 0.717) is 5.92 Å². The third kappa shape index (κ3) is 1.74. The van der Waals surface area contributed by atoms with Gasteiger partial charge in [0.15, 0.2) is 0 Å². The van der Waals surface area contributed by atoms with E-state index in [9.17, 15) is 0 Å². The first-order valence-corrected chi connectivity index (χ1v) is 11.2. The lowest BCUT2D eigenvalue weighted by Crippen LogP contribution is -2.09. The van der Waals surface area contributed by atoms with Gasteiger partial charge in [0.05, 0.1) is 33.0 Å². The third-order valence-electron chi connectivity index (χ3n) is 8.11. The van der Waals surface area contributed by atoms with E-state index in [0.717, 1.165) is 22.9 Å². The largest absolute Gasteiger partial charge is 0.308 e. The molecule has 0 aliphatic heterocycles. The van der Waals surface area contributed by atoms with Gasteiger partial charge in [-0.15, -0.1) is 0 Å². The van der Waals surface area contributed by atoms with Gasteiger partial charge in [0.1, 0.15) is 6.33 Å². The van der Waals surface area contributed by atoms with Crippen LogP contribution >= 0.6 is 0 Å². The van der Waals surface area contributed by atoms with Crippen LogP contribution < -0.4 is 0 Å². The Balaban J connectivity index is 1.68. The molecule has 0 radical (unpaired) electrons. The number of para-hydroxylation sites is 2. The van der Waals surface area contributed by atoms with Gasteiger partial charge >= 0.3 is 0 Å². The summed E-state index contributed by atoms with van der Waals surface area (Å²) in [6.07, 6.45) is 7.34. The smallest absolute Gasteiger partial charge is 0.116 e. The monoisotopic (exact) mass is 387 g/mol. The van der Waals surface area contributed by atoms with Crippen molar-refractivity contribution in [3.05, 3.63) is 66.5 Å². The van der Waals surface area contributed by atoms with E-state index in [1.165, 1.54) is 69.3 Å². The molecule has 144 valence electrons. The summed E-state index contributed by atoms with van der Waals surface area (Å²) in [7, 11) is 0. The molecule has 3 heteroatoms. The Morgan fingerprint density at radius 1 is 0.800 bits per heavy atom. The predicted octanol–water partition coefficient (Wildman–Crippen LogP) is 6.68. The molecule has 0 saturated heterocycles. The quantitative estimate of drug-likeness (QED) is 0.233. The molecule has 0 amide bonds. The Hall–Kier alpha value is -3.20. The Labute approximate surface area is 173 Å². The predicted molar refractivity (Wildman–Crippen MR) is 122 cm³/mol. The molecule has 3 aromatic carbocycles. The second kappa shape index (κ2) is 5.28. The van der Waals surface area contributed by atoms with E-state index in [1.54, 1.807) is 6.33 Å². The summed E-state index contributed by atoms with van der Waals surface area (Å²) < 4.78 is 2.48. The maximum Gasteiger partial charge on any atom is 0.116 e. The van der Waals surface area contributed by atoms with E-state index < -0.39 is 0 Å². The maximum atomic E-state index is 4.78. The first kappa shape index (κ1) is 15.6. The standard InChI is InChI=1S/C27H21N3/c1-3-7-22-17(5-1)24-20(19-12-15-9-10-16(19)11-15)13-21-25-26(29-14-28-21)18-6-2-4-8-23(18)30(22)27(24)25/h1-8,13-16,19H,9-12H2. The summed E-state index contributed by atoms with van der Waals surface area (Å²) in [6.45, 7) is 0. The van der Waals surface area contributed by atoms with Crippen LogP contribution in [0.1, 0.15) is 37.2 Å². The molecule has 2 aliphatic carbocycles. The van der Waals surface area contributed by atoms with Crippen molar-refractivity contribution in [2.24, 2.45) is 11.8 Å². The molecule has 3 atom stereocenters. The number of hydrogen-bond acceptors (Lipinski definition) is 2. The lowest BCUT2D eigenvalue weighted by atomic mass is 9.81. The highest BCUT2D eigenvalue weighted by atomic mass is 14.9. The van der Waals surface area contributed by atoms with E-state index >= 15 is 0 Å². The van der Waals surface area contributed by atoms with Crippen LogP contribution in [0.5, 0.6) is 0 Å². The van der Waals surface area contributed by atoms with Gasteiger partial charge in [-0.25, -0.2) is 9.97 Å². The number of fused-ring (bicyclic) bond motifs is 8. The summed E-state index contributed by atoms with van der Waals surface area (Å²) in [4.78, 5) is 9.55. The fourth-order valence-electron chi connectivity index (χ4n) is 6.97. The summed E-state index contributed by atoms with van der Waals surface area (Å²) in [5, 5.41) is 5.24. The van der Waals surface area contributed by atoms with Crippen LogP contribution in [-0.2, 0) is 0 Å². The second-order valence-corrected chi connectivity index (χ2v) is 9.46. The minimum atomic E-state index is 0.669. The zero-order valence-electron chi connectivity index (χ0n) is 16.7. The highest BCUT2D eigenvalue weighted by molar-refractivity contribution is 6.27. The van der Waals surface area contributed by atoms with Crippen LogP contribution in [0, 0.1) is 11.8 Å². The normalized spacial score (nSPS) is 23.8. The van der Waals surface area contributed by atoms with E-state index in [4.69, 9.17) is 9.97 Å². The van der Waals surface area contributed by atoms with Crippen molar-refractivity contribution in [1.29, 1.82) is 0 Å². The molecule has 0 N–H and O–H groups in total. The highest BCUT2D eigenvalue weighted by Gasteiger charge is 2.41. The molecule has 3 heterocycles. The average molecular weight is 387 g/mol. The SMILES string of the molecule is c1ccc2c(c1)c1ncnc3cc(C4CC5CCC4C5)c4c5ccccc5n2c4c31. The van der Waals surface area contributed by atoms with Crippen LogP contribution in [0.25, 0.3) is 49.1 Å². The molecule has 30 heavy (non-hydrogen) atoms. The summed E-state index contributed by atoms with van der Waals surface area (Å²) in [5.74, 6) is 2.44. The fourth-order valence-corrected chi connectivity index (χ4v) is 6.97. The molecule has 3 aromatic heterocycles. The van der Waals surface area contributed by atoms with Crippen molar-refractivity contribution in [2.75, 3.05) is 0 Å². The highest BCUT2D eigenvalue weighted by Crippen LogP contribution is 2.55. The molecule has 2 aliphatic rings. The lowest BCUT2D eigenvalue weighted by Gasteiger charge is -2.24. The van der Waals surface area contributed by atoms with Crippen LogP contribution in [0.15, 0.2) is 60.9 Å². The Kier molecular flexibility index (Phi) is 2.75. The Bertz CT molecular complexity index is 1630. The van der Waals surface area contributed by atoms with Crippen LogP contribution in [-0.4, -0.2) is 14.4 Å². The molecule has 0 spiro atoms. The molecule has 3 unspecified atom stereocenters. The topological polar surface area (TPSA) is 30.2 Å². The van der Waals surface area contributed by atoms with Gasteiger partial charge in [-0.05, 0) is 60.8 Å². The zero-order valence-corrected chi connectivity index (χ0v) is 16.7. The molecular weight excluding hydrogens is 366 g/mol. The molecule has 6 aromatic rings. The van der Waals surface area contributed by atoms with Gasteiger partial charge in [0.2, 0.25) is 0 Å². The number of hydrogen-bond donors (Lipinski definition) is 0. The molecule has 2 fully saturated rings. The molecular formula is C27H21N3. The maximum absolute atomic E-state index is 4.78. The molecule has 2 bridgehead atoms. The van der Waals surface area contributed by atoms with Crippen molar-refractivity contribution < 1.29 is 0 Å². The van der Waals surface area contributed by atoms with Gasteiger partial charge in [-0.1, -0.05) is 42.8 Å². The number of rotatable bonds is 1. The second-order valence-electron chi connectivity index (χ2n) is 9.46. The number of aromatic nitrogens is 3. The first-order chi connectivity index (χ1) is 14.9. The van der Waals surface area contributed by atoms with E-state index in [2.05, 4.69) is 59.0 Å². The van der Waals surface area contributed by atoms with Crippen LogP contribution in [0.2, 0.25) is 0 Å². The van der Waals surface area contributed by atoms with Crippen molar-refractivity contribution >= 4 is 49.1 Å². The number of pyridine rings is 1. The minimum absolute atomic E-state index is 0.669. The number of nitrogens with zero attached hydrogens (tertiary/aromatic N) is 3. The van der Waals surface area contributed by atoms with Crippen molar-refractivity contribution in [3.8, 4) is 0 Å². The van der Waals surface area contributed by atoms with Gasteiger partial charge in [-0.2, -0.15) is 0 Å². The molecule has 8 rings (SSSR count). The summed E-state index contributed by atoms with van der Waals surface area (Å²) in [5.41, 5.74) is 7.57. The first-order valence-electron chi connectivity index (χ1n) is 11.2. The lowest BCUT2D eigenvalue weighted by molar-refractivity contribution is 0.422. The third-order valence-corrected chi connectivity index (χ3v) is 8.11. The van der Waals surface area contributed by atoms with Crippen LogP contribution in [0.3, 0.4) is 0 Å². The van der Waals surface area contributed by atoms with E-state index in [1.807, 2.05) is 0 Å². The van der Waals surface area contributed by atoms with E-state index in [-0.39, 0.29) is 0 Å². The summed E-state index contributed by atoms with van der Waals surface area (Å²) in [6, 6.07) is 20.1.